The molecule has 1 aromatic heterocycles. The highest BCUT2D eigenvalue weighted by atomic mass is 16.2. The number of benzene rings is 1. The second-order valence-electron chi connectivity index (χ2n) is 8.11. The highest BCUT2D eigenvalue weighted by molar-refractivity contribution is 6.08. The average Bonchev–Trinajstić information content (AvgIpc) is 2.53. The van der Waals surface area contributed by atoms with Gasteiger partial charge in [0, 0.05) is 17.6 Å². The SMILES string of the molecule is CC(C)(C)C1CCC2C(=O)N(c3cccc4cccnc34)C2C1. The van der Waals surface area contributed by atoms with E-state index in [2.05, 4.69) is 37.9 Å². The molecule has 3 nitrogen and oxygen atoms in total. The van der Waals surface area contributed by atoms with Gasteiger partial charge >= 0.3 is 0 Å². The minimum Gasteiger partial charge on any atom is -0.306 e. The van der Waals surface area contributed by atoms with E-state index >= 15 is 0 Å². The van der Waals surface area contributed by atoms with Crippen molar-refractivity contribution < 1.29 is 4.79 Å². The summed E-state index contributed by atoms with van der Waals surface area (Å²) in [6.07, 6.45) is 5.15. The van der Waals surface area contributed by atoms with E-state index in [1.165, 1.54) is 6.42 Å². The van der Waals surface area contributed by atoms with Gasteiger partial charge in [0.1, 0.15) is 0 Å². The van der Waals surface area contributed by atoms with Crippen LogP contribution in [0.3, 0.4) is 0 Å². The first-order chi connectivity index (χ1) is 11.0. The molecule has 2 fully saturated rings. The van der Waals surface area contributed by atoms with Gasteiger partial charge in [0.2, 0.25) is 5.91 Å². The number of fused-ring (bicyclic) bond motifs is 2. The zero-order valence-corrected chi connectivity index (χ0v) is 14.1. The number of anilines is 1. The predicted octanol–water partition coefficient (Wildman–Crippen LogP) is 4.41. The fourth-order valence-corrected chi connectivity index (χ4v) is 4.35. The summed E-state index contributed by atoms with van der Waals surface area (Å²) in [6, 6.07) is 10.5. The fraction of sp³-hybridized carbons (Fsp3) is 0.500. The van der Waals surface area contributed by atoms with Crippen molar-refractivity contribution in [1.82, 2.24) is 4.98 Å². The third kappa shape index (κ3) is 2.25. The summed E-state index contributed by atoms with van der Waals surface area (Å²) in [5, 5.41) is 1.10. The van der Waals surface area contributed by atoms with Crippen molar-refractivity contribution in [2.24, 2.45) is 17.3 Å². The van der Waals surface area contributed by atoms with E-state index in [-0.39, 0.29) is 5.92 Å². The van der Waals surface area contributed by atoms with E-state index in [0.717, 1.165) is 29.4 Å². The lowest BCUT2D eigenvalue weighted by Crippen LogP contribution is -2.64. The van der Waals surface area contributed by atoms with Gasteiger partial charge in [-0.25, -0.2) is 0 Å². The molecule has 2 heterocycles. The molecule has 0 radical (unpaired) electrons. The van der Waals surface area contributed by atoms with Gasteiger partial charge in [-0.3, -0.25) is 9.78 Å². The summed E-state index contributed by atoms with van der Waals surface area (Å²) < 4.78 is 0. The lowest BCUT2D eigenvalue weighted by atomic mass is 9.64. The fourth-order valence-electron chi connectivity index (χ4n) is 4.35. The Morgan fingerprint density at radius 3 is 2.70 bits per heavy atom. The largest absolute Gasteiger partial charge is 0.306 e. The maximum Gasteiger partial charge on any atom is 0.232 e. The van der Waals surface area contributed by atoms with Gasteiger partial charge in [-0.2, -0.15) is 0 Å². The lowest BCUT2D eigenvalue weighted by molar-refractivity contribution is -0.133. The van der Waals surface area contributed by atoms with E-state index in [1.54, 1.807) is 0 Å². The van der Waals surface area contributed by atoms with Crippen LogP contribution in [0.15, 0.2) is 36.5 Å². The van der Waals surface area contributed by atoms with E-state index < -0.39 is 0 Å². The molecule has 0 N–H and O–H groups in total. The van der Waals surface area contributed by atoms with Gasteiger partial charge in [0.15, 0.2) is 0 Å². The Morgan fingerprint density at radius 2 is 1.91 bits per heavy atom. The van der Waals surface area contributed by atoms with Crippen LogP contribution in [0.4, 0.5) is 5.69 Å². The zero-order valence-electron chi connectivity index (χ0n) is 14.1. The number of amides is 1. The van der Waals surface area contributed by atoms with E-state index in [9.17, 15) is 4.79 Å². The first kappa shape index (κ1) is 14.7. The Morgan fingerprint density at radius 1 is 1.13 bits per heavy atom. The van der Waals surface area contributed by atoms with Gasteiger partial charge < -0.3 is 4.90 Å². The van der Waals surface area contributed by atoms with Crippen LogP contribution >= 0.6 is 0 Å². The molecule has 1 saturated carbocycles. The van der Waals surface area contributed by atoms with Gasteiger partial charge in [0.05, 0.1) is 17.1 Å². The quantitative estimate of drug-likeness (QED) is 0.731. The molecule has 4 rings (SSSR count). The monoisotopic (exact) mass is 308 g/mol. The summed E-state index contributed by atoms with van der Waals surface area (Å²) in [5.74, 6) is 1.20. The minimum atomic E-state index is 0.229. The van der Waals surface area contributed by atoms with Crippen molar-refractivity contribution in [1.29, 1.82) is 0 Å². The molecule has 1 aliphatic heterocycles. The van der Waals surface area contributed by atoms with Crippen LogP contribution in [0, 0.1) is 17.3 Å². The van der Waals surface area contributed by atoms with Gasteiger partial charge in [-0.05, 0) is 42.7 Å². The standard InChI is InChI=1S/C20H24N2O/c1-20(2,3)14-9-10-15-17(12-14)22(19(15)23)16-8-4-6-13-7-5-11-21-18(13)16/h4-8,11,14-15,17H,9-10,12H2,1-3H3. The molecule has 3 unspecified atom stereocenters. The number of para-hydroxylation sites is 1. The lowest BCUT2D eigenvalue weighted by Gasteiger charge is -2.53. The maximum atomic E-state index is 12.7. The molecule has 3 heteroatoms. The summed E-state index contributed by atoms with van der Waals surface area (Å²) >= 11 is 0. The third-order valence-corrected chi connectivity index (χ3v) is 5.80. The predicted molar refractivity (Wildman–Crippen MR) is 93.3 cm³/mol. The Balaban J connectivity index is 1.70. The molecule has 0 spiro atoms. The molecule has 3 atom stereocenters. The summed E-state index contributed by atoms with van der Waals surface area (Å²) in [5.41, 5.74) is 2.25. The molecule has 1 aromatic carbocycles. The molecule has 1 aliphatic carbocycles. The topological polar surface area (TPSA) is 33.2 Å². The van der Waals surface area contributed by atoms with Crippen molar-refractivity contribution in [3.63, 3.8) is 0 Å². The maximum absolute atomic E-state index is 12.7. The first-order valence-corrected chi connectivity index (χ1v) is 8.63. The second-order valence-corrected chi connectivity index (χ2v) is 8.11. The van der Waals surface area contributed by atoms with E-state index in [1.807, 2.05) is 29.3 Å². The first-order valence-electron chi connectivity index (χ1n) is 8.63. The molecule has 2 aromatic rings. The molecule has 1 amide bonds. The molecular formula is C20H24N2O. The molecule has 1 saturated heterocycles. The second kappa shape index (κ2) is 5.05. The third-order valence-electron chi connectivity index (χ3n) is 5.80. The van der Waals surface area contributed by atoms with Crippen LogP contribution in [-0.2, 0) is 4.79 Å². The highest BCUT2D eigenvalue weighted by Crippen LogP contribution is 2.48. The van der Waals surface area contributed by atoms with Crippen LogP contribution in [0.5, 0.6) is 0 Å². The summed E-state index contributed by atoms with van der Waals surface area (Å²) in [6.45, 7) is 6.97. The Kier molecular flexibility index (Phi) is 3.22. The number of β-lactam (4-membered cyclic amide) rings is 1. The van der Waals surface area contributed by atoms with Crippen LogP contribution in [0.1, 0.15) is 40.0 Å². The van der Waals surface area contributed by atoms with Crippen molar-refractivity contribution >= 4 is 22.5 Å². The van der Waals surface area contributed by atoms with Crippen molar-refractivity contribution in [3.8, 4) is 0 Å². The van der Waals surface area contributed by atoms with Crippen molar-refractivity contribution in [2.45, 2.75) is 46.1 Å². The summed E-state index contributed by atoms with van der Waals surface area (Å²) in [7, 11) is 0. The van der Waals surface area contributed by atoms with Gasteiger partial charge in [-0.15, -0.1) is 0 Å². The number of hydrogen-bond donors (Lipinski definition) is 0. The van der Waals surface area contributed by atoms with E-state index in [4.69, 9.17) is 0 Å². The molecule has 23 heavy (non-hydrogen) atoms. The van der Waals surface area contributed by atoms with Crippen molar-refractivity contribution in [3.05, 3.63) is 36.5 Å². The smallest absolute Gasteiger partial charge is 0.232 e. The van der Waals surface area contributed by atoms with Crippen LogP contribution in [-0.4, -0.2) is 16.9 Å². The number of nitrogens with zero attached hydrogens (tertiary/aromatic N) is 2. The minimum absolute atomic E-state index is 0.229. The van der Waals surface area contributed by atoms with E-state index in [0.29, 0.717) is 23.3 Å². The normalized spacial score (nSPS) is 27.7. The number of aromatic nitrogens is 1. The van der Waals surface area contributed by atoms with Gasteiger partial charge in [0.25, 0.3) is 0 Å². The number of carbonyl (C=O) groups excluding carboxylic acids is 1. The number of carbonyl (C=O) groups is 1. The van der Waals surface area contributed by atoms with Gasteiger partial charge in [-0.1, -0.05) is 39.0 Å². The molecular weight excluding hydrogens is 284 g/mol. The van der Waals surface area contributed by atoms with Crippen LogP contribution in [0.25, 0.3) is 10.9 Å². The zero-order chi connectivity index (χ0) is 16.2. The van der Waals surface area contributed by atoms with Crippen LogP contribution in [0.2, 0.25) is 0 Å². The Bertz CT molecular complexity index is 756. The summed E-state index contributed by atoms with van der Waals surface area (Å²) in [4.78, 5) is 19.3. The molecule has 0 bridgehead atoms. The highest BCUT2D eigenvalue weighted by Gasteiger charge is 2.52. The van der Waals surface area contributed by atoms with Crippen molar-refractivity contribution in [2.75, 3.05) is 4.90 Å². The number of pyridine rings is 1. The number of rotatable bonds is 1. The Labute approximate surface area is 137 Å². The Hall–Kier alpha value is -1.90. The average molecular weight is 308 g/mol. The molecule has 2 aliphatic rings. The number of hydrogen-bond acceptors (Lipinski definition) is 2. The van der Waals surface area contributed by atoms with Crippen LogP contribution < -0.4 is 4.90 Å². The molecule has 120 valence electrons.